The minimum atomic E-state index is -0.0171. The van der Waals surface area contributed by atoms with Crippen molar-refractivity contribution < 1.29 is 19.1 Å². The van der Waals surface area contributed by atoms with Crippen LogP contribution in [0.1, 0.15) is 116 Å². The predicted molar refractivity (Wildman–Crippen MR) is 153 cm³/mol. The summed E-state index contributed by atoms with van der Waals surface area (Å²) < 4.78 is 10.7. The third-order valence-corrected chi connectivity index (χ3v) is 12.3. The Hall–Kier alpha value is 0.340. The molecular weight excluding hydrogens is 505 g/mol. The zero-order valence-corrected chi connectivity index (χ0v) is 24.2. The molecule has 0 N–H and O–H groups in total. The van der Waals surface area contributed by atoms with E-state index in [1.807, 2.05) is 43.2 Å². The van der Waals surface area contributed by atoms with E-state index in [-0.39, 0.29) is 11.9 Å². The van der Waals surface area contributed by atoms with E-state index >= 15 is 0 Å². The van der Waals surface area contributed by atoms with Crippen molar-refractivity contribution in [2.75, 3.05) is 24.7 Å². The maximum Gasteiger partial charge on any atom is 0.305 e. The number of hydrogen-bond donors (Lipinski definition) is 0. The van der Waals surface area contributed by atoms with Gasteiger partial charge in [0.1, 0.15) is 0 Å². The van der Waals surface area contributed by atoms with Crippen molar-refractivity contribution in [1.82, 2.24) is 0 Å². The molecule has 2 rings (SSSR count). The molecule has 4 nitrogen and oxygen atoms in total. The van der Waals surface area contributed by atoms with E-state index in [1.54, 1.807) is 0 Å². The highest BCUT2D eigenvalue weighted by Gasteiger charge is 2.16. The van der Waals surface area contributed by atoms with Crippen molar-refractivity contribution in [1.29, 1.82) is 0 Å². The first kappa shape index (κ1) is 30.6. The van der Waals surface area contributed by atoms with Crippen molar-refractivity contribution in [3.8, 4) is 0 Å². The molecule has 0 aromatic heterocycles. The third kappa shape index (κ3) is 16.9. The average molecular weight is 551 g/mol. The van der Waals surface area contributed by atoms with Gasteiger partial charge < -0.3 is 9.47 Å². The molecule has 8 heteroatoms. The Morgan fingerprint density at radius 1 is 0.559 bits per heavy atom. The molecule has 2 aliphatic rings. The van der Waals surface area contributed by atoms with E-state index in [9.17, 15) is 9.59 Å². The van der Waals surface area contributed by atoms with Gasteiger partial charge in [0.2, 0.25) is 0 Å². The Kier molecular flexibility index (Phi) is 19.3. The summed E-state index contributed by atoms with van der Waals surface area (Å²) in [5.74, 6) is 2.54. The summed E-state index contributed by atoms with van der Waals surface area (Å²) in [7, 11) is 8.01. The van der Waals surface area contributed by atoms with Crippen molar-refractivity contribution in [2.24, 2.45) is 0 Å². The lowest BCUT2D eigenvalue weighted by Gasteiger charge is -2.08. The smallest absolute Gasteiger partial charge is 0.305 e. The Morgan fingerprint density at radius 2 is 0.971 bits per heavy atom. The molecule has 0 radical (unpaired) electrons. The van der Waals surface area contributed by atoms with Crippen molar-refractivity contribution in [3.63, 3.8) is 0 Å². The minimum absolute atomic E-state index is 0.0171. The van der Waals surface area contributed by atoms with Crippen molar-refractivity contribution in [2.45, 2.75) is 126 Å². The lowest BCUT2D eigenvalue weighted by atomic mass is 10.1. The number of rotatable bonds is 21. The summed E-state index contributed by atoms with van der Waals surface area (Å²) in [4.78, 5) is 23.6. The first-order valence-corrected chi connectivity index (χ1v) is 18.4. The standard InChI is InChI=1S/C26H46O4S4/c27-25(15-9-7-13-23-17-21-31-33-23)29-19-11-5-3-1-2-4-6-12-20-30-26(28)16-10-8-14-24-18-22-32-34-24/h23-24H,1-22H2. The molecule has 198 valence electrons. The SMILES string of the molecule is O=C(CCCCC1CCSS1)OCCCCCCCCCCOC(=O)CCCCC1CCSS1. The van der Waals surface area contributed by atoms with E-state index in [0.29, 0.717) is 26.1 Å². The fourth-order valence-electron chi connectivity index (χ4n) is 4.19. The number of esters is 2. The highest BCUT2D eigenvalue weighted by Crippen LogP contribution is 2.40. The first-order valence-electron chi connectivity index (χ1n) is 13.6. The first-order chi connectivity index (χ1) is 16.7. The van der Waals surface area contributed by atoms with Gasteiger partial charge in [-0.15, -0.1) is 0 Å². The van der Waals surface area contributed by atoms with Crippen LogP contribution < -0.4 is 0 Å². The predicted octanol–water partition coefficient (Wildman–Crippen LogP) is 8.62. The van der Waals surface area contributed by atoms with Gasteiger partial charge in [-0.25, -0.2) is 0 Å². The van der Waals surface area contributed by atoms with E-state index in [1.165, 1.54) is 62.9 Å². The molecule has 2 heterocycles. The summed E-state index contributed by atoms with van der Waals surface area (Å²) in [6, 6.07) is 0. The molecule has 2 atom stereocenters. The van der Waals surface area contributed by atoms with Crippen LogP contribution in [0.25, 0.3) is 0 Å². The fourth-order valence-corrected chi connectivity index (χ4v) is 10.2. The van der Waals surface area contributed by atoms with Gasteiger partial charge in [-0.1, -0.05) is 94.5 Å². The van der Waals surface area contributed by atoms with Crippen LogP contribution in [0.15, 0.2) is 0 Å². The zero-order chi connectivity index (χ0) is 24.1. The molecule has 0 aromatic carbocycles. The van der Waals surface area contributed by atoms with Crippen LogP contribution in [0.5, 0.6) is 0 Å². The highest BCUT2D eigenvalue weighted by atomic mass is 33.1. The number of carbonyl (C=O) groups excluding carboxylic acids is 2. The maximum absolute atomic E-state index is 11.8. The van der Waals surface area contributed by atoms with E-state index in [0.717, 1.165) is 61.9 Å². The number of carbonyl (C=O) groups is 2. The Morgan fingerprint density at radius 3 is 1.35 bits per heavy atom. The van der Waals surface area contributed by atoms with E-state index < -0.39 is 0 Å². The van der Waals surface area contributed by atoms with Crippen LogP contribution >= 0.6 is 43.2 Å². The lowest BCUT2D eigenvalue weighted by molar-refractivity contribution is -0.144. The molecular formula is C26H46O4S4. The second-order valence-corrected chi connectivity index (χ2v) is 15.0. The Bertz CT molecular complexity index is 477. The van der Waals surface area contributed by atoms with Gasteiger partial charge in [0.25, 0.3) is 0 Å². The lowest BCUT2D eigenvalue weighted by Crippen LogP contribution is -2.06. The van der Waals surface area contributed by atoms with E-state index in [4.69, 9.17) is 9.47 Å². The van der Waals surface area contributed by atoms with Gasteiger partial charge in [-0.3, -0.25) is 9.59 Å². The normalized spacial score (nSPS) is 20.0. The molecule has 0 aromatic rings. The average Bonchev–Trinajstić information content (AvgIpc) is 3.55. The van der Waals surface area contributed by atoms with Crippen LogP contribution in [-0.4, -0.2) is 47.2 Å². The third-order valence-electron chi connectivity index (χ3n) is 6.33. The Labute approximate surface area is 224 Å². The van der Waals surface area contributed by atoms with E-state index in [2.05, 4.69) is 0 Å². The van der Waals surface area contributed by atoms with Gasteiger partial charge in [-0.2, -0.15) is 0 Å². The zero-order valence-electron chi connectivity index (χ0n) is 21.0. The van der Waals surface area contributed by atoms with Gasteiger partial charge >= 0.3 is 11.9 Å². The van der Waals surface area contributed by atoms with Gasteiger partial charge in [-0.05, 0) is 51.4 Å². The number of ether oxygens (including phenoxy) is 2. The summed E-state index contributed by atoms with van der Waals surface area (Å²) in [6.45, 7) is 1.16. The van der Waals surface area contributed by atoms with Gasteiger partial charge in [0.05, 0.1) is 13.2 Å². The molecule has 2 fully saturated rings. The van der Waals surface area contributed by atoms with Gasteiger partial charge in [0, 0.05) is 34.8 Å². The molecule has 34 heavy (non-hydrogen) atoms. The fraction of sp³-hybridized carbons (Fsp3) is 0.923. The molecule has 2 aliphatic heterocycles. The molecule has 0 bridgehead atoms. The molecule has 0 spiro atoms. The van der Waals surface area contributed by atoms with Crippen LogP contribution in [0, 0.1) is 0 Å². The van der Waals surface area contributed by atoms with Crippen LogP contribution in [0.2, 0.25) is 0 Å². The van der Waals surface area contributed by atoms with Crippen LogP contribution in [-0.2, 0) is 19.1 Å². The quantitative estimate of drug-likeness (QED) is 0.0799. The second-order valence-electron chi connectivity index (χ2n) is 9.42. The summed E-state index contributed by atoms with van der Waals surface area (Å²) >= 11 is 0. The van der Waals surface area contributed by atoms with Crippen molar-refractivity contribution >= 4 is 55.1 Å². The summed E-state index contributed by atoms with van der Waals surface area (Å²) in [6.07, 6.45) is 19.7. The maximum atomic E-state index is 11.8. The number of hydrogen-bond acceptors (Lipinski definition) is 8. The van der Waals surface area contributed by atoms with Gasteiger partial charge in [0.15, 0.2) is 0 Å². The molecule has 2 unspecified atom stereocenters. The number of unbranched alkanes of at least 4 members (excludes halogenated alkanes) is 9. The summed E-state index contributed by atoms with van der Waals surface area (Å²) in [5, 5.41) is 1.62. The largest absolute Gasteiger partial charge is 0.466 e. The second kappa shape index (κ2) is 21.4. The molecule has 0 aliphatic carbocycles. The minimum Gasteiger partial charge on any atom is -0.466 e. The van der Waals surface area contributed by atoms with Crippen LogP contribution in [0.4, 0.5) is 0 Å². The topological polar surface area (TPSA) is 52.6 Å². The molecule has 0 saturated carbocycles. The van der Waals surface area contributed by atoms with Crippen molar-refractivity contribution in [3.05, 3.63) is 0 Å². The highest BCUT2D eigenvalue weighted by molar-refractivity contribution is 8.77. The summed E-state index contributed by atoms with van der Waals surface area (Å²) in [5.41, 5.74) is 0. The monoisotopic (exact) mass is 550 g/mol. The molecule has 0 amide bonds. The van der Waals surface area contributed by atoms with Crippen LogP contribution in [0.3, 0.4) is 0 Å². The Balaban J connectivity index is 1.23. The molecule has 2 saturated heterocycles.